The van der Waals surface area contributed by atoms with E-state index in [0.29, 0.717) is 0 Å². The smallest absolute Gasteiger partial charge is 0.0126 e. The fourth-order valence-corrected chi connectivity index (χ4v) is 3.94. The Morgan fingerprint density at radius 2 is 1.60 bits per heavy atom. The Balaban J connectivity index is 1.62. The van der Waals surface area contributed by atoms with Gasteiger partial charge in [-0.15, -0.1) is 0 Å². The number of hydrogen-bond acceptors (Lipinski definition) is 1. The van der Waals surface area contributed by atoms with Crippen molar-refractivity contribution in [1.82, 2.24) is 4.90 Å². The largest absolute Gasteiger partial charge is 0.300 e. The molecule has 2 saturated carbocycles. The van der Waals surface area contributed by atoms with Crippen molar-refractivity contribution < 1.29 is 0 Å². The Kier molecular flexibility index (Phi) is 3.01. The summed E-state index contributed by atoms with van der Waals surface area (Å²) in [6.07, 6.45) is 14.3. The molecule has 0 aromatic heterocycles. The maximum atomic E-state index is 2.82. The van der Waals surface area contributed by atoms with E-state index >= 15 is 0 Å². The summed E-state index contributed by atoms with van der Waals surface area (Å²) in [7, 11) is 0. The Morgan fingerprint density at radius 1 is 0.867 bits per heavy atom. The molecule has 3 rings (SSSR count). The zero-order chi connectivity index (χ0) is 10.1. The lowest BCUT2D eigenvalue weighted by Crippen LogP contribution is -2.44. The molecule has 1 heterocycles. The number of hydrogen-bond donors (Lipinski definition) is 0. The quantitative estimate of drug-likeness (QED) is 0.670. The molecule has 1 radical (unpaired) electrons. The summed E-state index contributed by atoms with van der Waals surface area (Å²) < 4.78 is 0. The SMILES string of the molecule is [CH]1CCN(C2CCCC2C2CCC2)CC1. The van der Waals surface area contributed by atoms with Gasteiger partial charge in [-0.3, -0.25) is 0 Å². The molecule has 1 aliphatic heterocycles. The molecule has 85 valence electrons. The van der Waals surface area contributed by atoms with Gasteiger partial charge in [-0.05, 0) is 57.0 Å². The summed E-state index contributed by atoms with van der Waals surface area (Å²) in [4.78, 5) is 2.82. The fraction of sp³-hybridized carbons (Fsp3) is 0.929. The molecule has 15 heavy (non-hydrogen) atoms. The third-order valence-corrected chi connectivity index (χ3v) is 5.00. The second kappa shape index (κ2) is 4.45. The summed E-state index contributed by atoms with van der Waals surface area (Å²) in [5, 5.41) is 0. The number of nitrogens with zero attached hydrogens (tertiary/aromatic N) is 1. The van der Waals surface area contributed by atoms with E-state index in [9.17, 15) is 0 Å². The van der Waals surface area contributed by atoms with E-state index in [1.54, 1.807) is 12.8 Å². The van der Waals surface area contributed by atoms with Gasteiger partial charge in [-0.25, -0.2) is 0 Å². The highest BCUT2D eigenvalue weighted by Gasteiger charge is 2.39. The highest BCUT2D eigenvalue weighted by Crippen LogP contribution is 2.44. The van der Waals surface area contributed by atoms with Crippen LogP contribution >= 0.6 is 0 Å². The molecular formula is C14H24N. The first kappa shape index (κ1) is 10.1. The van der Waals surface area contributed by atoms with Gasteiger partial charge in [0.05, 0.1) is 0 Å². The monoisotopic (exact) mass is 206 g/mol. The van der Waals surface area contributed by atoms with Crippen LogP contribution in [-0.4, -0.2) is 24.0 Å². The van der Waals surface area contributed by atoms with E-state index < -0.39 is 0 Å². The van der Waals surface area contributed by atoms with Crippen molar-refractivity contribution in [3.05, 3.63) is 6.42 Å². The normalized spacial score (nSPS) is 39.2. The van der Waals surface area contributed by atoms with Gasteiger partial charge in [0.15, 0.2) is 0 Å². The predicted octanol–water partition coefficient (Wildman–Crippen LogP) is 3.26. The Hall–Kier alpha value is -0.0400. The van der Waals surface area contributed by atoms with Crippen molar-refractivity contribution in [2.24, 2.45) is 11.8 Å². The summed E-state index contributed by atoms with van der Waals surface area (Å²) >= 11 is 0. The molecule has 1 nitrogen and oxygen atoms in total. The molecule has 0 bridgehead atoms. The minimum Gasteiger partial charge on any atom is -0.300 e. The maximum absolute atomic E-state index is 2.82. The average Bonchev–Trinajstić information content (AvgIpc) is 2.65. The molecule has 1 saturated heterocycles. The van der Waals surface area contributed by atoms with Crippen LogP contribution in [-0.2, 0) is 0 Å². The van der Waals surface area contributed by atoms with Crippen LogP contribution in [0.1, 0.15) is 51.4 Å². The standard InChI is InChI=1S/C14H24N/c1-2-10-15(11-3-1)14-9-5-8-13(14)12-6-4-7-12/h1,12-14H,2-11H2. The van der Waals surface area contributed by atoms with Crippen molar-refractivity contribution in [3.63, 3.8) is 0 Å². The molecule has 1 heteroatoms. The van der Waals surface area contributed by atoms with Crippen LogP contribution in [0.15, 0.2) is 0 Å². The van der Waals surface area contributed by atoms with Crippen LogP contribution < -0.4 is 0 Å². The third-order valence-electron chi connectivity index (χ3n) is 5.00. The summed E-state index contributed by atoms with van der Waals surface area (Å²) in [6.45, 7) is 2.71. The van der Waals surface area contributed by atoms with Crippen molar-refractivity contribution in [1.29, 1.82) is 0 Å². The molecule has 3 fully saturated rings. The van der Waals surface area contributed by atoms with Crippen LogP contribution in [0, 0.1) is 18.3 Å². The van der Waals surface area contributed by atoms with E-state index in [1.165, 1.54) is 51.6 Å². The Morgan fingerprint density at radius 3 is 2.27 bits per heavy atom. The van der Waals surface area contributed by atoms with Crippen LogP contribution in [0.4, 0.5) is 0 Å². The average molecular weight is 206 g/mol. The molecule has 3 aliphatic rings. The summed E-state index contributed by atoms with van der Waals surface area (Å²) in [6, 6.07) is 0.976. The zero-order valence-electron chi connectivity index (χ0n) is 9.83. The highest BCUT2D eigenvalue weighted by molar-refractivity contribution is 4.93. The maximum Gasteiger partial charge on any atom is 0.0126 e. The van der Waals surface area contributed by atoms with Crippen LogP contribution in [0.2, 0.25) is 0 Å². The minimum atomic E-state index is 0.976. The van der Waals surface area contributed by atoms with E-state index in [4.69, 9.17) is 0 Å². The molecule has 2 atom stereocenters. The van der Waals surface area contributed by atoms with Crippen molar-refractivity contribution in [2.45, 2.75) is 57.4 Å². The van der Waals surface area contributed by atoms with Gasteiger partial charge in [-0.2, -0.15) is 0 Å². The van der Waals surface area contributed by atoms with E-state index in [1.807, 2.05) is 0 Å². The van der Waals surface area contributed by atoms with E-state index in [-0.39, 0.29) is 0 Å². The van der Waals surface area contributed by atoms with Gasteiger partial charge < -0.3 is 4.90 Å². The van der Waals surface area contributed by atoms with Gasteiger partial charge in [0.25, 0.3) is 0 Å². The molecule has 2 unspecified atom stereocenters. The highest BCUT2D eigenvalue weighted by atomic mass is 15.2. The lowest BCUT2D eigenvalue weighted by atomic mass is 9.73. The fourth-order valence-electron chi connectivity index (χ4n) is 3.94. The van der Waals surface area contributed by atoms with E-state index in [2.05, 4.69) is 11.3 Å². The van der Waals surface area contributed by atoms with Gasteiger partial charge in [0.2, 0.25) is 0 Å². The first-order valence-corrected chi connectivity index (χ1v) is 7.01. The second-order valence-corrected chi connectivity index (χ2v) is 5.76. The Labute approximate surface area is 94.2 Å². The molecule has 0 aromatic carbocycles. The summed E-state index contributed by atoms with van der Waals surface area (Å²) in [5.74, 6) is 2.19. The van der Waals surface area contributed by atoms with Gasteiger partial charge in [0, 0.05) is 6.04 Å². The summed E-state index contributed by atoms with van der Waals surface area (Å²) in [5.41, 5.74) is 0. The van der Waals surface area contributed by atoms with E-state index in [0.717, 1.165) is 17.9 Å². The van der Waals surface area contributed by atoms with Crippen molar-refractivity contribution in [2.75, 3.05) is 13.1 Å². The first-order chi connectivity index (χ1) is 7.45. The lowest BCUT2D eigenvalue weighted by molar-refractivity contribution is 0.0875. The third kappa shape index (κ3) is 1.95. The van der Waals surface area contributed by atoms with Crippen molar-refractivity contribution >= 4 is 0 Å². The van der Waals surface area contributed by atoms with Gasteiger partial charge >= 0.3 is 0 Å². The molecule has 0 aromatic rings. The molecule has 0 amide bonds. The molecule has 2 aliphatic carbocycles. The minimum absolute atomic E-state index is 0.976. The molecule has 0 N–H and O–H groups in total. The number of piperidine rings is 1. The lowest BCUT2D eigenvalue weighted by Gasteiger charge is -2.41. The molecular weight excluding hydrogens is 182 g/mol. The van der Waals surface area contributed by atoms with Gasteiger partial charge in [0.1, 0.15) is 0 Å². The second-order valence-electron chi connectivity index (χ2n) is 5.76. The first-order valence-electron chi connectivity index (χ1n) is 7.01. The number of rotatable bonds is 2. The molecule has 0 spiro atoms. The van der Waals surface area contributed by atoms with Gasteiger partial charge in [-0.1, -0.05) is 25.7 Å². The Bertz CT molecular complexity index is 203. The zero-order valence-corrected chi connectivity index (χ0v) is 9.83. The van der Waals surface area contributed by atoms with Crippen LogP contribution in [0.5, 0.6) is 0 Å². The topological polar surface area (TPSA) is 3.24 Å². The van der Waals surface area contributed by atoms with Crippen LogP contribution in [0.3, 0.4) is 0 Å². The predicted molar refractivity (Wildman–Crippen MR) is 63.6 cm³/mol. The number of likely N-dealkylation sites (tertiary alicyclic amines) is 1. The van der Waals surface area contributed by atoms with Crippen LogP contribution in [0.25, 0.3) is 0 Å². The van der Waals surface area contributed by atoms with Crippen molar-refractivity contribution in [3.8, 4) is 0 Å².